The number of rotatable bonds is 4. The van der Waals surface area contributed by atoms with Gasteiger partial charge in [0.15, 0.2) is 5.82 Å². The highest BCUT2D eigenvalue weighted by Crippen LogP contribution is 2.25. The Hall–Kier alpha value is -3.73. The van der Waals surface area contributed by atoms with E-state index in [1.165, 1.54) is 6.20 Å². The number of nitrogens with one attached hydrogen (secondary N) is 2. The van der Waals surface area contributed by atoms with E-state index in [0.29, 0.717) is 22.7 Å². The fourth-order valence-corrected chi connectivity index (χ4v) is 2.79. The van der Waals surface area contributed by atoms with Crippen LogP contribution in [-0.4, -0.2) is 43.1 Å². The lowest BCUT2D eigenvalue weighted by molar-refractivity contribution is -0.122. The summed E-state index contributed by atoms with van der Waals surface area (Å²) in [6, 6.07) is 6.02. The lowest BCUT2D eigenvalue weighted by Crippen LogP contribution is -2.36. The number of alkyl halides is 3. The minimum absolute atomic E-state index is 0. The molecule has 2 N–H and O–H groups in total. The number of urea groups is 1. The highest BCUT2D eigenvalue weighted by atomic mass is 35.5. The number of pyridine rings is 2. The largest absolute Gasteiger partial charge is 0.405 e. The van der Waals surface area contributed by atoms with Crippen LogP contribution in [0.5, 0.6) is 0 Å². The van der Waals surface area contributed by atoms with Crippen molar-refractivity contribution in [2.45, 2.75) is 6.18 Å². The molecule has 0 unspecified atom stereocenters. The molecular weight excluding hydrogens is 435 g/mol. The van der Waals surface area contributed by atoms with E-state index in [2.05, 4.69) is 25.3 Å². The maximum atomic E-state index is 12.2. The number of nitrogens with zero attached hydrogens (tertiary/aromatic N) is 5. The minimum atomic E-state index is -4.49. The van der Waals surface area contributed by atoms with Crippen molar-refractivity contribution in [1.82, 2.24) is 29.7 Å². The van der Waals surface area contributed by atoms with Gasteiger partial charge in [-0.25, -0.2) is 19.7 Å². The summed E-state index contributed by atoms with van der Waals surface area (Å²) < 4.78 is 38.5. The predicted molar refractivity (Wildman–Crippen MR) is 110 cm³/mol. The van der Waals surface area contributed by atoms with Crippen LogP contribution < -0.4 is 10.6 Å². The number of aromatic nitrogens is 5. The molecule has 0 aliphatic heterocycles. The van der Waals surface area contributed by atoms with Crippen LogP contribution in [0.1, 0.15) is 0 Å². The zero-order valence-electron chi connectivity index (χ0n) is 15.7. The van der Waals surface area contributed by atoms with Gasteiger partial charge in [0.2, 0.25) is 0 Å². The number of carbonyl (C=O) groups excluding carboxylic acids is 1. The van der Waals surface area contributed by atoms with Crippen molar-refractivity contribution in [3.8, 4) is 22.6 Å². The van der Waals surface area contributed by atoms with E-state index in [1.807, 2.05) is 16.5 Å². The first-order valence-electron chi connectivity index (χ1n) is 8.70. The van der Waals surface area contributed by atoms with E-state index >= 15 is 0 Å². The number of halogens is 4. The van der Waals surface area contributed by atoms with Crippen molar-refractivity contribution in [2.75, 3.05) is 11.9 Å². The Morgan fingerprint density at radius 1 is 1.03 bits per heavy atom. The van der Waals surface area contributed by atoms with Crippen LogP contribution in [0.15, 0.2) is 61.4 Å². The molecule has 0 atom stereocenters. The van der Waals surface area contributed by atoms with Gasteiger partial charge >= 0.3 is 12.2 Å². The maximum Gasteiger partial charge on any atom is 0.405 e. The Morgan fingerprint density at radius 2 is 1.81 bits per heavy atom. The molecule has 4 aromatic rings. The average Bonchev–Trinajstić information content (AvgIpc) is 3.16. The summed E-state index contributed by atoms with van der Waals surface area (Å²) in [4.78, 5) is 28.5. The van der Waals surface area contributed by atoms with Gasteiger partial charge in [0.05, 0.1) is 23.8 Å². The van der Waals surface area contributed by atoms with E-state index in [-0.39, 0.29) is 18.1 Å². The van der Waals surface area contributed by atoms with Crippen LogP contribution in [-0.2, 0) is 0 Å². The number of hydrogen-bond acceptors (Lipinski definition) is 5. The normalized spacial score (nSPS) is 11.1. The lowest BCUT2D eigenvalue weighted by Gasteiger charge is -2.10. The molecule has 0 aliphatic rings. The van der Waals surface area contributed by atoms with Crippen molar-refractivity contribution in [3.63, 3.8) is 0 Å². The molecule has 0 radical (unpaired) electrons. The first kappa shape index (κ1) is 22.0. The molecule has 0 spiro atoms. The number of amides is 2. The third-order valence-electron chi connectivity index (χ3n) is 4.08. The van der Waals surface area contributed by atoms with Gasteiger partial charge in [-0.05, 0) is 24.3 Å². The van der Waals surface area contributed by atoms with Crippen molar-refractivity contribution in [2.24, 2.45) is 0 Å². The SMILES string of the molecule is Cl.O=C(NCC(F)(F)F)Nc1cncc(-c2cnc3cc(-c4ncccn4)ccn23)c1. The van der Waals surface area contributed by atoms with E-state index in [1.54, 1.807) is 48.4 Å². The molecule has 0 bridgehead atoms. The smallest absolute Gasteiger partial charge is 0.329 e. The van der Waals surface area contributed by atoms with Crippen LogP contribution in [0.3, 0.4) is 0 Å². The van der Waals surface area contributed by atoms with Gasteiger partial charge in [-0.1, -0.05) is 0 Å². The molecule has 160 valence electrons. The van der Waals surface area contributed by atoms with E-state index in [4.69, 9.17) is 0 Å². The number of anilines is 1. The Balaban J connectivity index is 0.00000272. The summed E-state index contributed by atoms with van der Waals surface area (Å²) in [5.74, 6) is 0.572. The monoisotopic (exact) mass is 449 g/mol. The Bertz CT molecular complexity index is 1200. The van der Waals surface area contributed by atoms with Gasteiger partial charge in [0, 0.05) is 35.9 Å². The van der Waals surface area contributed by atoms with Gasteiger partial charge < -0.3 is 10.6 Å². The molecule has 4 heterocycles. The second kappa shape index (κ2) is 8.96. The third kappa shape index (κ3) is 5.25. The van der Waals surface area contributed by atoms with Gasteiger partial charge in [-0.15, -0.1) is 12.4 Å². The summed E-state index contributed by atoms with van der Waals surface area (Å²) in [7, 11) is 0. The number of hydrogen-bond donors (Lipinski definition) is 2. The number of carbonyl (C=O) groups is 1. The van der Waals surface area contributed by atoms with E-state index in [9.17, 15) is 18.0 Å². The number of fused-ring (bicyclic) bond motifs is 1. The highest BCUT2D eigenvalue weighted by molar-refractivity contribution is 5.89. The molecule has 0 aliphatic carbocycles. The predicted octanol–water partition coefficient (Wildman–Crippen LogP) is 3.96. The van der Waals surface area contributed by atoms with Gasteiger partial charge in [-0.2, -0.15) is 13.2 Å². The molecule has 31 heavy (non-hydrogen) atoms. The van der Waals surface area contributed by atoms with Crippen molar-refractivity contribution >= 4 is 29.8 Å². The van der Waals surface area contributed by atoms with Gasteiger partial charge in [0.25, 0.3) is 0 Å². The van der Waals surface area contributed by atoms with Gasteiger partial charge in [-0.3, -0.25) is 9.38 Å². The van der Waals surface area contributed by atoms with E-state index < -0.39 is 18.8 Å². The molecular formula is C19H15ClF3N7O. The summed E-state index contributed by atoms with van der Waals surface area (Å²) in [6.45, 7) is -1.42. The molecule has 4 aromatic heterocycles. The fraction of sp³-hybridized carbons (Fsp3) is 0.105. The lowest BCUT2D eigenvalue weighted by atomic mass is 10.2. The Morgan fingerprint density at radius 3 is 2.55 bits per heavy atom. The van der Waals surface area contributed by atoms with Crippen molar-refractivity contribution in [1.29, 1.82) is 0 Å². The second-order valence-electron chi connectivity index (χ2n) is 6.24. The molecule has 12 heteroatoms. The summed E-state index contributed by atoms with van der Waals surface area (Å²) >= 11 is 0. The third-order valence-corrected chi connectivity index (χ3v) is 4.08. The Labute approximate surface area is 180 Å². The molecule has 0 aromatic carbocycles. The van der Waals surface area contributed by atoms with Gasteiger partial charge in [0.1, 0.15) is 12.2 Å². The molecule has 4 rings (SSSR count). The first-order valence-corrected chi connectivity index (χ1v) is 8.70. The Kier molecular flexibility index (Phi) is 6.35. The second-order valence-corrected chi connectivity index (χ2v) is 6.24. The summed E-state index contributed by atoms with van der Waals surface area (Å²) in [5.41, 5.74) is 3.01. The quantitative estimate of drug-likeness (QED) is 0.491. The molecule has 8 nitrogen and oxygen atoms in total. The number of imidazole rings is 1. The molecule has 0 saturated heterocycles. The zero-order valence-corrected chi connectivity index (χ0v) is 16.5. The van der Waals surface area contributed by atoms with E-state index in [0.717, 1.165) is 5.56 Å². The standard InChI is InChI=1S/C19H14F3N7O.ClH/c20-19(21,22)11-27-18(30)28-14-6-13(8-23-9-14)15-10-26-16-7-12(2-5-29(15)16)17-24-3-1-4-25-17;/h1-10H,11H2,(H2,27,28,30);1H. The van der Waals surface area contributed by atoms with Crippen LogP contribution in [0.4, 0.5) is 23.7 Å². The molecule has 0 fully saturated rings. The van der Waals surface area contributed by atoms with Crippen molar-refractivity contribution < 1.29 is 18.0 Å². The van der Waals surface area contributed by atoms with Crippen LogP contribution in [0.2, 0.25) is 0 Å². The topological polar surface area (TPSA) is 97.1 Å². The first-order chi connectivity index (χ1) is 14.4. The highest BCUT2D eigenvalue weighted by Gasteiger charge is 2.27. The summed E-state index contributed by atoms with van der Waals surface area (Å²) in [6.07, 6.45) is 5.16. The van der Waals surface area contributed by atoms with Crippen LogP contribution in [0.25, 0.3) is 28.3 Å². The average molecular weight is 450 g/mol. The van der Waals surface area contributed by atoms with Crippen LogP contribution in [0, 0.1) is 0 Å². The molecule has 2 amide bonds. The summed E-state index contributed by atoms with van der Waals surface area (Å²) in [5, 5.41) is 4.08. The zero-order chi connectivity index (χ0) is 21.1. The van der Waals surface area contributed by atoms with Crippen molar-refractivity contribution in [3.05, 3.63) is 61.4 Å². The van der Waals surface area contributed by atoms with Crippen LogP contribution >= 0.6 is 12.4 Å². The molecule has 0 saturated carbocycles. The fourth-order valence-electron chi connectivity index (χ4n) is 2.79. The maximum absolute atomic E-state index is 12.2. The minimum Gasteiger partial charge on any atom is -0.329 e.